The summed E-state index contributed by atoms with van der Waals surface area (Å²) in [5.74, 6) is -2.68. The van der Waals surface area contributed by atoms with E-state index >= 15 is 4.39 Å². The molecule has 184 valence electrons. The second-order valence-corrected chi connectivity index (χ2v) is 8.40. The van der Waals surface area contributed by atoms with E-state index in [-0.39, 0.29) is 28.1 Å². The molecule has 0 aliphatic heterocycles. The normalized spacial score (nSPS) is 13.1. The van der Waals surface area contributed by atoms with Crippen LogP contribution < -0.4 is 10.1 Å². The minimum atomic E-state index is -4.76. The van der Waals surface area contributed by atoms with Crippen molar-refractivity contribution in [3.63, 3.8) is 0 Å². The summed E-state index contributed by atoms with van der Waals surface area (Å²) in [5, 5.41) is 22.8. The van der Waals surface area contributed by atoms with Crippen LogP contribution in [0.15, 0.2) is 12.1 Å². The van der Waals surface area contributed by atoms with Gasteiger partial charge in [0.25, 0.3) is 5.91 Å². The van der Waals surface area contributed by atoms with Gasteiger partial charge in [-0.05, 0) is 39.8 Å². The molecule has 34 heavy (non-hydrogen) atoms. The molecule has 3 N–H and O–H groups in total. The van der Waals surface area contributed by atoms with Gasteiger partial charge in [0.15, 0.2) is 22.9 Å². The van der Waals surface area contributed by atoms with Crippen LogP contribution in [0.3, 0.4) is 0 Å². The standard InChI is InChI=1S/C20H21ClF4N6O3/c1-8-14(15(21)29-28-8)26-17(32)11-6-12(22)10(7-13(11)34-9(2)20(23,24)25)16-27-18(19(3,4)33)31(5)30-16/h6-7,9,33H,1-5H3,(H,26,32)(H,28,29)/t9-/m0/s1. The molecule has 0 saturated heterocycles. The maximum absolute atomic E-state index is 15.1. The zero-order chi connectivity index (χ0) is 25.6. The fourth-order valence-corrected chi connectivity index (χ4v) is 3.25. The topological polar surface area (TPSA) is 118 Å². The molecule has 2 heterocycles. The summed E-state index contributed by atoms with van der Waals surface area (Å²) in [4.78, 5) is 16.9. The van der Waals surface area contributed by atoms with Crippen LogP contribution in [0.2, 0.25) is 5.15 Å². The molecule has 1 aromatic carbocycles. The van der Waals surface area contributed by atoms with Crippen LogP contribution in [0.1, 0.15) is 42.6 Å². The number of aromatic amines is 1. The minimum absolute atomic E-state index is 0.0761. The maximum Gasteiger partial charge on any atom is 0.425 e. The maximum atomic E-state index is 15.1. The quantitative estimate of drug-likeness (QED) is 0.435. The van der Waals surface area contributed by atoms with Gasteiger partial charge < -0.3 is 15.2 Å². The molecule has 3 rings (SSSR count). The number of benzene rings is 1. The molecule has 0 aliphatic carbocycles. The second-order valence-electron chi connectivity index (χ2n) is 8.04. The zero-order valence-electron chi connectivity index (χ0n) is 18.7. The van der Waals surface area contributed by atoms with Crippen LogP contribution in [-0.4, -0.2) is 48.3 Å². The molecule has 1 atom stereocenters. The van der Waals surface area contributed by atoms with Gasteiger partial charge in [-0.3, -0.25) is 9.89 Å². The summed E-state index contributed by atoms with van der Waals surface area (Å²) >= 11 is 5.90. The van der Waals surface area contributed by atoms with Crippen molar-refractivity contribution >= 4 is 23.2 Å². The summed E-state index contributed by atoms with van der Waals surface area (Å²) in [5.41, 5.74) is -1.83. The number of hydrogen-bond acceptors (Lipinski definition) is 6. The van der Waals surface area contributed by atoms with Gasteiger partial charge in [0, 0.05) is 7.05 Å². The number of aryl methyl sites for hydroxylation is 2. The van der Waals surface area contributed by atoms with E-state index in [0.29, 0.717) is 11.8 Å². The largest absolute Gasteiger partial charge is 0.480 e. The van der Waals surface area contributed by atoms with Crippen molar-refractivity contribution in [2.24, 2.45) is 7.05 Å². The van der Waals surface area contributed by atoms with E-state index in [9.17, 15) is 23.1 Å². The lowest BCUT2D eigenvalue weighted by Gasteiger charge is -2.20. The molecule has 2 aromatic heterocycles. The summed E-state index contributed by atoms with van der Waals surface area (Å²) in [6.07, 6.45) is -7.08. The van der Waals surface area contributed by atoms with E-state index in [1.165, 1.54) is 25.6 Å². The van der Waals surface area contributed by atoms with Gasteiger partial charge in [-0.25, -0.2) is 14.1 Å². The Kier molecular flexibility index (Phi) is 6.64. The van der Waals surface area contributed by atoms with E-state index in [4.69, 9.17) is 16.3 Å². The average Bonchev–Trinajstić information content (AvgIpc) is 3.25. The molecule has 0 saturated carbocycles. The van der Waals surface area contributed by atoms with Crippen molar-refractivity contribution in [3.8, 4) is 17.1 Å². The Hall–Kier alpha value is -3.19. The van der Waals surface area contributed by atoms with E-state index in [1.54, 1.807) is 6.92 Å². The molecule has 0 spiro atoms. The number of anilines is 1. The number of H-pyrrole nitrogens is 1. The lowest BCUT2D eigenvalue weighted by atomic mass is 10.1. The second kappa shape index (κ2) is 8.87. The van der Waals surface area contributed by atoms with E-state index < -0.39 is 40.9 Å². The summed E-state index contributed by atoms with van der Waals surface area (Å²) in [6, 6.07) is 1.62. The predicted molar refractivity (Wildman–Crippen MR) is 114 cm³/mol. The van der Waals surface area contributed by atoms with E-state index in [0.717, 1.165) is 13.0 Å². The highest BCUT2D eigenvalue weighted by Gasteiger charge is 2.39. The summed E-state index contributed by atoms with van der Waals surface area (Å²) < 4.78 is 60.8. The highest BCUT2D eigenvalue weighted by molar-refractivity contribution is 6.33. The van der Waals surface area contributed by atoms with Crippen LogP contribution in [0.25, 0.3) is 11.4 Å². The molecule has 3 aromatic rings. The Morgan fingerprint density at radius 3 is 2.47 bits per heavy atom. The monoisotopic (exact) mass is 504 g/mol. The number of rotatable bonds is 6. The van der Waals surface area contributed by atoms with Gasteiger partial charge in [0.05, 0.1) is 16.8 Å². The number of ether oxygens (including phenoxy) is 1. The third-order valence-electron chi connectivity index (χ3n) is 4.77. The van der Waals surface area contributed by atoms with Crippen molar-refractivity contribution in [1.82, 2.24) is 25.0 Å². The molecule has 0 aliphatic rings. The molecule has 0 unspecified atom stereocenters. The third kappa shape index (κ3) is 5.14. The SMILES string of the molecule is Cc1[nH]nc(Cl)c1NC(=O)c1cc(F)c(-c2nc(C(C)(C)O)n(C)n2)cc1O[C@@H](C)C(F)(F)F. The number of carbonyl (C=O) groups excluding carboxylic acids is 1. The van der Waals surface area contributed by atoms with Crippen LogP contribution in [0.5, 0.6) is 5.75 Å². The van der Waals surface area contributed by atoms with Gasteiger partial charge in [-0.1, -0.05) is 11.6 Å². The van der Waals surface area contributed by atoms with Gasteiger partial charge in [0.1, 0.15) is 22.9 Å². The smallest absolute Gasteiger partial charge is 0.425 e. The first-order valence-corrected chi connectivity index (χ1v) is 10.2. The van der Waals surface area contributed by atoms with Crippen LogP contribution >= 0.6 is 11.6 Å². The molecule has 0 fully saturated rings. The Balaban J connectivity index is 2.11. The van der Waals surface area contributed by atoms with Gasteiger partial charge >= 0.3 is 6.18 Å². The number of halogens is 5. The number of aromatic nitrogens is 5. The number of hydrogen-bond donors (Lipinski definition) is 3. The van der Waals surface area contributed by atoms with Gasteiger partial charge in [-0.2, -0.15) is 23.4 Å². The first-order valence-electron chi connectivity index (χ1n) is 9.82. The van der Waals surface area contributed by atoms with Crippen molar-refractivity contribution < 1.29 is 32.2 Å². The number of amides is 1. The Bertz CT molecular complexity index is 1210. The van der Waals surface area contributed by atoms with E-state index in [2.05, 4.69) is 25.6 Å². The number of carbonyl (C=O) groups is 1. The lowest BCUT2D eigenvalue weighted by molar-refractivity contribution is -0.189. The summed E-state index contributed by atoms with van der Waals surface area (Å²) in [6.45, 7) is 5.17. The fraction of sp³-hybridized carbons (Fsp3) is 0.400. The molecule has 1 amide bonds. The molecule has 9 nitrogen and oxygen atoms in total. The van der Waals surface area contributed by atoms with Crippen molar-refractivity contribution in [1.29, 1.82) is 0 Å². The Labute approximate surface area is 196 Å². The number of nitrogens with zero attached hydrogens (tertiary/aromatic N) is 4. The zero-order valence-corrected chi connectivity index (χ0v) is 19.4. The molecular formula is C20H21ClF4N6O3. The molecular weight excluding hydrogens is 484 g/mol. The summed E-state index contributed by atoms with van der Waals surface area (Å²) in [7, 11) is 1.46. The third-order valence-corrected chi connectivity index (χ3v) is 5.04. The average molecular weight is 505 g/mol. The number of nitrogens with one attached hydrogen (secondary N) is 2. The lowest BCUT2D eigenvalue weighted by Crippen LogP contribution is -2.32. The Morgan fingerprint density at radius 2 is 1.97 bits per heavy atom. The van der Waals surface area contributed by atoms with Gasteiger partial charge in [0.2, 0.25) is 0 Å². The van der Waals surface area contributed by atoms with Crippen molar-refractivity contribution in [2.45, 2.75) is 45.6 Å². The highest BCUT2D eigenvalue weighted by atomic mass is 35.5. The minimum Gasteiger partial charge on any atom is -0.480 e. The predicted octanol–water partition coefficient (Wildman–Crippen LogP) is 4.12. The molecule has 0 bridgehead atoms. The van der Waals surface area contributed by atoms with Crippen LogP contribution in [0.4, 0.5) is 23.2 Å². The number of alkyl halides is 3. The van der Waals surface area contributed by atoms with Gasteiger partial charge in [-0.15, -0.1) is 0 Å². The fourth-order valence-electron chi connectivity index (χ4n) is 3.01. The molecule has 14 heteroatoms. The van der Waals surface area contributed by atoms with Crippen molar-refractivity contribution in [3.05, 3.63) is 40.2 Å². The number of aliphatic hydroxyl groups is 1. The Morgan fingerprint density at radius 1 is 1.32 bits per heavy atom. The first-order chi connectivity index (χ1) is 15.6. The highest BCUT2D eigenvalue weighted by Crippen LogP contribution is 2.34. The van der Waals surface area contributed by atoms with Crippen LogP contribution in [0, 0.1) is 12.7 Å². The van der Waals surface area contributed by atoms with Crippen molar-refractivity contribution in [2.75, 3.05) is 5.32 Å². The first kappa shape index (κ1) is 25.4. The van der Waals surface area contributed by atoms with E-state index in [1.807, 2.05) is 0 Å². The van der Waals surface area contributed by atoms with Crippen LogP contribution in [-0.2, 0) is 12.6 Å². The molecule has 0 radical (unpaired) electrons.